The zero-order valence-electron chi connectivity index (χ0n) is 13.7. The standard InChI is InChI=1S/C18H23N3O2/c1-21(14-15-7-4-3-5-8-15)17-10-9-16(13-20-17)18(22)19-11-6-12-23-2/h3-5,7-10,13H,6,11-12,14H2,1-2H3,(H,19,22). The van der Waals surface area contributed by atoms with Crippen molar-refractivity contribution in [1.82, 2.24) is 10.3 Å². The lowest BCUT2D eigenvalue weighted by Crippen LogP contribution is -2.25. The molecule has 0 aliphatic rings. The smallest absolute Gasteiger partial charge is 0.252 e. The number of hydrogen-bond acceptors (Lipinski definition) is 4. The van der Waals surface area contributed by atoms with Crippen LogP contribution < -0.4 is 10.2 Å². The molecule has 2 rings (SSSR count). The van der Waals surface area contributed by atoms with E-state index in [2.05, 4.69) is 27.3 Å². The first-order valence-corrected chi connectivity index (χ1v) is 7.69. The molecule has 0 saturated heterocycles. The Hall–Kier alpha value is -2.40. The van der Waals surface area contributed by atoms with E-state index in [1.807, 2.05) is 31.3 Å². The van der Waals surface area contributed by atoms with E-state index in [9.17, 15) is 4.79 Å². The molecule has 1 aromatic carbocycles. The van der Waals surface area contributed by atoms with Gasteiger partial charge in [-0.25, -0.2) is 4.98 Å². The highest BCUT2D eigenvalue weighted by Crippen LogP contribution is 2.13. The molecule has 1 amide bonds. The second-order valence-electron chi connectivity index (χ2n) is 5.35. The van der Waals surface area contributed by atoms with Crippen LogP contribution in [0, 0.1) is 0 Å². The van der Waals surface area contributed by atoms with Crippen LogP contribution in [-0.4, -0.2) is 38.2 Å². The molecule has 0 spiro atoms. The SMILES string of the molecule is COCCCNC(=O)c1ccc(N(C)Cc2ccccc2)nc1. The van der Waals surface area contributed by atoms with Gasteiger partial charge in [0.15, 0.2) is 0 Å². The summed E-state index contributed by atoms with van der Waals surface area (Å²) in [7, 11) is 3.64. The van der Waals surface area contributed by atoms with Gasteiger partial charge in [-0.3, -0.25) is 4.79 Å². The number of anilines is 1. The lowest BCUT2D eigenvalue weighted by molar-refractivity contribution is 0.0948. The normalized spacial score (nSPS) is 10.3. The first-order chi connectivity index (χ1) is 11.2. The fourth-order valence-electron chi connectivity index (χ4n) is 2.20. The zero-order chi connectivity index (χ0) is 16.5. The lowest BCUT2D eigenvalue weighted by atomic mass is 10.2. The predicted octanol–water partition coefficient (Wildman–Crippen LogP) is 2.48. The van der Waals surface area contributed by atoms with E-state index < -0.39 is 0 Å². The Morgan fingerprint density at radius 2 is 2.00 bits per heavy atom. The maximum atomic E-state index is 12.0. The summed E-state index contributed by atoms with van der Waals surface area (Å²) in [5, 5.41) is 2.85. The number of ether oxygens (including phenoxy) is 1. The minimum atomic E-state index is -0.106. The summed E-state index contributed by atoms with van der Waals surface area (Å²) in [4.78, 5) is 18.4. The van der Waals surface area contributed by atoms with Crippen molar-refractivity contribution in [3.8, 4) is 0 Å². The van der Waals surface area contributed by atoms with E-state index in [0.29, 0.717) is 18.7 Å². The summed E-state index contributed by atoms with van der Waals surface area (Å²) in [6.07, 6.45) is 2.41. The third kappa shape index (κ3) is 5.38. The first kappa shape index (κ1) is 17.0. The van der Waals surface area contributed by atoms with Crippen LogP contribution in [0.4, 0.5) is 5.82 Å². The van der Waals surface area contributed by atoms with Gasteiger partial charge >= 0.3 is 0 Å². The van der Waals surface area contributed by atoms with E-state index >= 15 is 0 Å². The quantitative estimate of drug-likeness (QED) is 0.761. The summed E-state index contributed by atoms with van der Waals surface area (Å²) in [6.45, 7) is 2.01. The molecule has 2 aromatic rings. The number of rotatable bonds is 8. The third-order valence-electron chi connectivity index (χ3n) is 3.47. The van der Waals surface area contributed by atoms with E-state index in [0.717, 1.165) is 18.8 Å². The zero-order valence-corrected chi connectivity index (χ0v) is 13.7. The van der Waals surface area contributed by atoms with Crippen LogP contribution in [-0.2, 0) is 11.3 Å². The van der Waals surface area contributed by atoms with Crippen molar-refractivity contribution >= 4 is 11.7 Å². The topological polar surface area (TPSA) is 54.5 Å². The minimum Gasteiger partial charge on any atom is -0.385 e. The van der Waals surface area contributed by atoms with Crippen molar-refractivity contribution in [3.63, 3.8) is 0 Å². The Bertz CT molecular complexity index is 599. The summed E-state index contributed by atoms with van der Waals surface area (Å²) < 4.78 is 4.95. The Kier molecular flexibility index (Phi) is 6.56. The fourth-order valence-corrected chi connectivity index (χ4v) is 2.20. The second kappa shape index (κ2) is 8.90. The fraction of sp³-hybridized carbons (Fsp3) is 0.333. The molecule has 122 valence electrons. The van der Waals surface area contributed by atoms with Gasteiger partial charge in [-0.1, -0.05) is 30.3 Å². The third-order valence-corrected chi connectivity index (χ3v) is 3.47. The molecule has 1 N–H and O–H groups in total. The molecule has 5 heteroatoms. The molecule has 0 saturated carbocycles. The first-order valence-electron chi connectivity index (χ1n) is 7.69. The van der Waals surface area contributed by atoms with Crippen LogP contribution in [0.1, 0.15) is 22.3 Å². The van der Waals surface area contributed by atoms with Gasteiger partial charge in [-0.2, -0.15) is 0 Å². The number of hydrogen-bond donors (Lipinski definition) is 1. The summed E-state index contributed by atoms with van der Waals surface area (Å²) in [5.41, 5.74) is 1.79. The molecule has 1 heterocycles. The maximum absolute atomic E-state index is 12.0. The number of nitrogens with one attached hydrogen (secondary N) is 1. The van der Waals surface area contributed by atoms with Gasteiger partial charge in [0.05, 0.1) is 5.56 Å². The number of methoxy groups -OCH3 is 1. The monoisotopic (exact) mass is 313 g/mol. The molecule has 5 nitrogen and oxygen atoms in total. The molecular formula is C18H23N3O2. The summed E-state index contributed by atoms with van der Waals surface area (Å²) in [6, 6.07) is 13.9. The van der Waals surface area contributed by atoms with Crippen LogP contribution in [0.3, 0.4) is 0 Å². The van der Waals surface area contributed by atoms with E-state index in [4.69, 9.17) is 4.74 Å². The van der Waals surface area contributed by atoms with Crippen LogP contribution >= 0.6 is 0 Å². The number of carbonyl (C=O) groups excluding carboxylic acids is 1. The van der Waals surface area contributed by atoms with Gasteiger partial charge in [0, 0.05) is 40.1 Å². The molecular weight excluding hydrogens is 290 g/mol. The molecule has 23 heavy (non-hydrogen) atoms. The second-order valence-corrected chi connectivity index (χ2v) is 5.35. The predicted molar refractivity (Wildman–Crippen MR) is 91.6 cm³/mol. The number of benzene rings is 1. The molecule has 1 aromatic heterocycles. The van der Waals surface area contributed by atoms with Crippen molar-refractivity contribution in [3.05, 3.63) is 59.8 Å². The van der Waals surface area contributed by atoms with Crippen molar-refractivity contribution in [2.24, 2.45) is 0 Å². The Morgan fingerprint density at radius 1 is 1.22 bits per heavy atom. The molecule has 0 bridgehead atoms. The summed E-state index contributed by atoms with van der Waals surface area (Å²) in [5.74, 6) is 0.732. The molecule has 0 unspecified atom stereocenters. The highest BCUT2D eigenvalue weighted by molar-refractivity contribution is 5.94. The van der Waals surface area contributed by atoms with E-state index in [-0.39, 0.29) is 5.91 Å². The minimum absolute atomic E-state index is 0.106. The van der Waals surface area contributed by atoms with Crippen LogP contribution in [0.15, 0.2) is 48.7 Å². The van der Waals surface area contributed by atoms with Gasteiger partial charge in [0.25, 0.3) is 5.91 Å². The lowest BCUT2D eigenvalue weighted by Gasteiger charge is -2.18. The van der Waals surface area contributed by atoms with Crippen LogP contribution in [0.5, 0.6) is 0 Å². The van der Waals surface area contributed by atoms with Crippen molar-refractivity contribution < 1.29 is 9.53 Å². The molecule has 0 fully saturated rings. The van der Waals surface area contributed by atoms with Crippen molar-refractivity contribution in [2.75, 3.05) is 32.2 Å². The molecule has 0 atom stereocenters. The number of carbonyl (C=O) groups is 1. The van der Waals surface area contributed by atoms with Gasteiger partial charge in [-0.15, -0.1) is 0 Å². The Balaban J connectivity index is 1.89. The highest BCUT2D eigenvalue weighted by Gasteiger charge is 2.08. The Morgan fingerprint density at radius 3 is 2.65 bits per heavy atom. The molecule has 0 aliphatic carbocycles. The number of aromatic nitrogens is 1. The number of pyridine rings is 1. The van der Waals surface area contributed by atoms with Crippen LogP contribution in [0.25, 0.3) is 0 Å². The van der Waals surface area contributed by atoms with E-state index in [1.165, 1.54) is 5.56 Å². The average Bonchev–Trinajstić information content (AvgIpc) is 2.59. The summed E-state index contributed by atoms with van der Waals surface area (Å²) >= 11 is 0. The van der Waals surface area contributed by atoms with Crippen LogP contribution in [0.2, 0.25) is 0 Å². The number of amides is 1. The molecule has 0 aliphatic heterocycles. The molecule has 0 radical (unpaired) electrons. The number of nitrogens with zero attached hydrogens (tertiary/aromatic N) is 2. The van der Waals surface area contributed by atoms with E-state index in [1.54, 1.807) is 19.4 Å². The largest absolute Gasteiger partial charge is 0.385 e. The van der Waals surface area contributed by atoms with Crippen molar-refractivity contribution in [1.29, 1.82) is 0 Å². The van der Waals surface area contributed by atoms with Gasteiger partial charge < -0.3 is 15.0 Å². The average molecular weight is 313 g/mol. The van der Waals surface area contributed by atoms with Gasteiger partial charge in [0.1, 0.15) is 5.82 Å². The maximum Gasteiger partial charge on any atom is 0.252 e. The van der Waals surface area contributed by atoms with Gasteiger partial charge in [-0.05, 0) is 24.1 Å². The highest BCUT2D eigenvalue weighted by atomic mass is 16.5. The van der Waals surface area contributed by atoms with Crippen molar-refractivity contribution in [2.45, 2.75) is 13.0 Å². The van der Waals surface area contributed by atoms with Gasteiger partial charge in [0.2, 0.25) is 0 Å². The Labute approximate surface area is 137 Å².